The van der Waals surface area contributed by atoms with Crippen LogP contribution in [0.25, 0.3) is 0 Å². The fourth-order valence-corrected chi connectivity index (χ4v) is 1.73. The van der Waals surface area contributed by atoms with Gasteiger partial charge in [0.25, 0.3) is 0 Å². The highest BCUT2D eigenvalue weighted by Gasteiger charge is 2.17. The van der Waals surface area contributed by atoms with Crippen LogP contribution in [0.3, 0.4) is 0 Å². The number of benzene rings is 1. The van der Waals surface area contributed by atoms with Crippen molar-refractivity contribution in [1.82, 2.24) is 5.32 Å². The summed E-state index contributed by atoms with van der Waals surface area (Å²) in [7, 11) is 0. The highest BCUT2D eigenvalue weighted by Crippen LogP contribution is 2.30. The number of phenolic OH excluding ortho intramolecular Hbond substituents is 2. The monoisotopic (exact) mass is 179 g/mol. The van der Waals surface area contributed by atoms with Crippen LogP contribution in [0.4, 0.5) is 0 Å². The first-order valence-electron chi connectivity index (χ1n) is 4.50. The van der Waals surface area contributed by atoms with Gasteiger partial charge in [-0.15, -0.1) is 0 Å². The smallest absolute Gasteiger partial charge is 0.157 e. The van der Waals surface area contributed by atoms with Gasteiger partial charge in [0.15, 0.2) is 11.5 Å². The first-order valence-corrected chi connectivity index (χ1v) is 4.50. The summed E-state index contributed by atoms with van der Waals surface area (Å²) in [4.78, 5) is 0. The van der Waals surface area contributed by atoms with Crippen molar-refractivity contribution in [3.8, 4) is 11.5 Å². The number of rotatable bonds is 1. The Morgan fingerprint density at radius 1 is 1.23 bits per heavy atom. The molecule has 3 N–H and O–H groups in total. The van der Waals surface area contributed by atoms with Crippen molar-refractivity contribution in [3.05, 3.63) is 23.8 Å². The summed E-state index contributed by atoms with van der Waals surface area (Å²) in [5.41, 5.74) is 1.10. The molecule has 1 heterocycles. The second-order valence-electron chi connectivity index (χ2n) is 3.44. The molecule has 0 bridgehead atoms. The predicted molar refractivity (Wildman–Crippen MR) is 50.0 cm³/mol. The zero-order valence-electron chi connectivity index (χ0n) is 7.33. The third-order valence-corrected chi connectivity index (χ3v) is 2.53. The van der Waals surface area contributed by atoms with Crippen LogP contribution in [0.2, 0.25) is 0 Å². The molecule has 0 amide bonds. The molecule has 0 spiro atoms. The second-order valence-corrected chi connectivity index (χ2v) is 3.44. The van der Waals surface area contributed by atoms with Gasteiger partial charge in [-0.25, -0.2) is 0 Å². The minimum atomic E-state index is -0.0466. The normalized spacial score (nSPS) is 22.0. The Balaban J connectivity index is 2.25. The van der Waals surface area contributed by atoms with E-state index in [1.165, 1.54) is 0 Å². The van der Waals surface area contributed by atoms with Gasteiger partial charge in [0.1, 0.15) is 0 Å². The van der Waals surface area contributed by atoms with Gasteiger partial charge < -0.3 is 15.5 Å². The second kappa shape index (κ2) is 3.26. The molecule has 3 nitrogen and oxygen atoms in total. The van der Waals surface area contributed by atoms with E-state index in [2.05, 4.69) is 5.32 Å². The third kappa shape index (κ3) is 1.60. The Morgan fingerprint density at radius 2 is 2.08 bits per heavy atom. The van der Waals surface area contributed by atoms with Crippen molar-refractivity contribution < 1.29 is 10.2 Å². The van der Waals surface area contributed by atoms with E-state index in [-0.39, 0.29) is 11.5 Å². The predicted octanol–water partition coefficient (Wildman–Crippen LogP) is 1.17. The molecule has 1 aliphatic heterocycles. The van der Waals surface area contributed by atoms with Crippen molar-refractivity contribution >= 4 is 0 Å². The van der Waals surface area contributed by atoms with E-state index in [0.29, 0.717) is 5.92 Å². The van der Waals surface area contributed by atoms with Crippen molar-refractivity contribution in [1.29, 1.82) is 0 Å². The molecular formula is C10H13NO2. The maximum atomic E-state index is 9.29. The highest BCUT2D eigenvalue weighted by molar-refractivity contribution is 5.41. The molecule has 2 rings (SSSR count). The number of nitrogens with one attached hydrogen (secondary N) is 1. The molecule has 0 saturated carbocycles. The van der Waals surface area contributed by atoms with Crippen LogP contribution in [-0.2, 0) is 0 Å². The van der Waals surface area contributed by atoms with E-state index >= 15 is 0 Å². The van der Waals surface area contributed by atoms with Gasteiger partial charge in [0.2, 0.25) is 0 Å². The van der Waals surface area contributed by atoms with Gasteiger partial charge in [-0.3, -0.25) is 0 Å². The van der Waals surface area contributed by atoms with Crippen molar-refractivity contribution in [3.63, 3.8) is 0 Å². The Morgan fingerprint density at radius 3 is 2.69 bits per heavy atom. The molecule has 1 fully saturated rings. The van der Waals surface area contributed by atoms with Gasteiger partial charge in [-0.05, 0) is 36.6 Å². The molecule has 1 atom stereocenters. The van der Waals surface area contributed by atoms with Crippen LogP contribution < -0.4 is 5.32 Å². The molecule has 1 aromatic carbocycles. The van der Waals surface area contributed by atoms with E-state index in [1.54, 1.807) is 12.1 Å². The summed E-state index contributed by atoms with van der Waals surface area (Å²) in [6, 6.07) is 5.06. The maximum Gasteiger partial charge on any atom is 0.157 e. The minimum absolute atomic E-state index is 0.0237. The van der Waals surface area contributed by atoms with Crippen LogP contribution in [-0.4, -0.2) is 23.3 Å². The van der Waals surface area contributed by atoms with Gasteiger partial charge >= 0.3 is 0 Å². The van der Waals surface area contributed by atoms with E-state index < -0.39 is 0 Å². The molecule has 0 radical (unpaired) electrons. The van der Waals surface area contributed by atoms with Crippen LogP contribution >= 0.6 is 0 Å². The lowest BCUT2D eigenvalue weighted by atomic mass is 9.98. The summed E-state index contributed by atoms with van der Waals surface area (Å²) in [5, 5.41) is 21.7. The average molecular weight is 179 g/mol. The summed E-state index contributed by atoms with van der Waals surface area (Å²) >= 11 is 0. The van der Waals surface area contributed by atoms with Crippen LogP contribution in [0.1, 0.15) is 17.9 Å². The van der Waals surface area contributed by atoms with Crippen molar-refractivity contribution in [2.75, 3.05) is 13.1 Å². The van der Waals surface area contributed by atoms with Crippen LogP contribution in [0.5, 0.6) is 11.5 Å². The lowest BCUT2D eigenvalue weighted by molar-refractivity contribution is 0.402. The van der Waals surface area contributed by atoms with Crippen molar-refractivity contribution in [2.45, 2.75) is 12.3 Å². The van der Waals surface area contributed by atoms with Gasteiger partial charge in [0.05, 0.1) is 0 Å². The van der Waals surface area contributed by atoms with Gasteiger partial charge in [-0.1, -0.05) is 6.07 Å². The van der Waals surface area contributed by atoms with Crippen LogP contribution in [0.15, 0.2) is 18.2 Å². The average Bonchev–Trinajstić information content (AvgIpc) is 2.62. The molecule has 3 heteroatoms. The molecular weight excluding hydrogens is 166 g/mol. The molecule has 0 aliphatic carbocycles. The number of phenols is 2. The molecule has 1 aliphatic rings. The molecule has 70 valence electrons. The van der Waals surface area contributed by atoms with Gasteiger partial charge in [0, 0.05) is 6.54 Å². The van der Waals surface area contributed by atoms with E-state index in [1.807, 2.05) is 6.07 Å². The van der Waals surface area contributed by atoms with Crippen LogP contribution in [0, 0.1) is 0 Å². The van der Waals surface area contributed by atoms with E-state index in [9.17, 15) is 5.11 Å². The first-order chi connectivity index (χ1) is 6.27. The zero-order chi connectivity index (χ0) is 9.26. The lowest BCUT2D eigenvalue weighted by Crippen LogP contribution is -2.07. The maximum absolute atomic E-state index is 9.29. The molecule has 13 heavy (non-hydrogen) atoms. The fourth-order valence-electron chi connectivity index (χ4n) is 1.73. The molecule has 1 aromatic rings. The minimum Gasteiger partial charge on any atom is -0.504 e. The highest BCUT2D eigenvalue weighted by atomic mass is 16.3. The van der Waals surface area contributed by atoms with E-state index in [0.717, 1.165) is 25.1 Å². The Hall–Kier alpha value is -1.22. The zero-order valence-corrected chi connectivity index (χ0v) is 7.33. The third-order valence-electron chi connectivity index (χ3n) is 2.53. The fraction of sp³-hybridized carbons (Fsp3) is 0.400. The molecule has 0 aromatic heterocycles. The summed E-state index contributed by atoms with van der Waals surface area (Å²) < 4.78 is 0. The number of hydrogen-bond acceptors (Lipinski definition) is 3. The number of aromatic hydroxyl groups is 2. The Kier molecular flexibility index (Phi) is 2.10. The SMILES string of the molecule is Oc1ccc([C@H]2CCNC2)cc1O. The van der Waals surface area contributed by atoms with Gasteiger partial charge in [-0.2, -0.15) is 0 Å². The van der Waals surface area contributed by atoms with Crippen molar-refractivity contribution in [2.24, 2.45) is 0 Å². The summed E-state index contributed by atoms with van der Waals surface area (Å²) in [5.74, 6) is 0.408. The molecule has 0 unspecified atom stereocenters. The Labute approximate surface area is 77.0 Å². The standard InChI is InChI=1S/C10H13NO2/c12-9-2-1-7(5-10(9)13)8-3-4-11-6-8/h1-2,5,8,11-13H,3-4,6H2/t8-/m0/s1. The lowest BCUT2D eigenvalue weighted by Gasteiger charge is -2.09. The first kappa shape index (κ1) is 8.38. The number of hydrogen-bond donors (Lipinski definition) is 3. The summed E-state index contributed by atoms with van der Waals surface area (Å²) in [6.07, 6.45) is 1.10. The largest absolute Gasteiger partial charge is 0.504 e. The quantitative estimate of drug-likeness (QED) is 0.567. The topological polar surface area (TPSA) is 52.5 Å². The summed E-state index contributed by atoms with van der Waals surface area (Å²) in [6.45, 7) is 2.00. The van der Waals surface area contributed by atoms with E-state index in [4.69, 9.17) is 5.11 Å². The molecule has 1 saturated heterocycles. The Bertz CT molecular complexity index is 306.